The van der Waals surface area contributed by atoms with Gasteiger partial charge in [0.05, 0.1) is 19.9 Å². The number of hydrogen-bond donors (Lipinski definition) is 2. The minimum Gasteiger partial charge on any atom is -0.497 e. The molecule has 0 aliphatic carbocycles. The van der Waals surface area contributed by atoms with E-state index in [1.54, 1.807) is 19.2 Å². The summed E-state index contributed by atoms with van der Waals surface area (Å²) < 4.78 is 49.9. The van der Waals surface area contributed by atoms with Crippen LogP contribution in [0.4, 0.5) is 8.78 Å². The maximum atomic E-state index is 16.7. The third-order valence-corrected chi connectivity index (χ3v) is 8.58. The summed E-state index contributed by atoms with van der Waals surface area (Å²) in [5, 5.41) is 10.6. The number of nitrogens with one attached hydrogen (secondary N) is 1. The van der Waals surface area contributed by atoms with E-state index in [4.69, 9.17) is 14.2 Å². The molecule has 5 rings (SSSR count). The van der Waals surface area contributed by atoms with Crippen LogP contribution in [0, 0.1) is 5.82 Å². The van der Waals surface area contributed by atoms with Gasteiger partial charge in [0, 0.05) is 4.43 Å². The van der Waals surface area contributed by atoms with Crippen molar-refractivity contribution >= 4 is 22.6 Å². The van der Waals surface area contributed by atoms with E-state index in [2.05, 4.69) is 0 Å². The van der Waals surface area contributed by atoms with Gasteiger partial charge in [-0.15, -0.1) is 0 Å². The van der Waals surface area contributed by atoms with E-state index in [1.807, 2.05) is 100 Å². The van der Waals surface area contributed by atoms with Crippen LogP contribution >= 0.6 is 22.6 Å². The number of nitrogens with zero attached hydrogens (tertiary/aromatic N) is 1. The zero-order valence-electron chi connectivity index (χ0n) is 21.9. The summed E-state index contributed by atoms with van der Waals surface area (Å²) in [4.78, 5) is 26.1. The number of halogens is 3. The van der Waals surface area contributed by atoms with Crippen molar-refractivity contribution in [2.24, 2.45) is 0 Å². The van der Waals surface area contributed by atoms with Crippen LogP contribution in [-0.4, -0.2) is 50.7 Å². The quantitative estimate of drug-likeness (QED) is 0.157. The zero-order chi connectivity index (χ0) is 29.2. The molecular formula is C30H27F2IN2O6. The van der Waals surface area contributed by atoms with Gasteiger partial charge >= 0.3 is 5.69 Å². The van der Waals surface area contributed by atoms with Crippen molar-refractivity contribution in [3.8, 4) is 5.75 Å². The molecule has 2 N–H and O–H groups in total. The van der Waals surface area contributed by atoms with Crippen LogP contribution in [0.3, 0.4) is 0 Å². The highest BCUT2D eigenvalue weighted by atomic mass is 127. The summed E-state index contributed by atoms with van der Waals surface area (Å²) in [5.74, 6) is -0.678. The first kappa shape index (κ1) is 29.1. The minimum absolute atomic E-state index is 0.0612. The number of aliphatic hydroxyl groups is 1. The van der Waals surface area contributed by atoms with Gasteiger partial charge in [-0.25, -0.2) is 9.18 Å². The lowest BCUT2D eigenvalue weighted by Gasteiger charge is -2.42. The molecule has 4 aromatic rings. The Hall–Kier alpha value is -3.39. The lowest BCUT2D eigenvalue weighted by atomic mass is 9.79. The number of aliphatic hydroxyl groups excluding tert-OH is 1. The largest absolute Gasteiger partial charge is 0.497 e. The molecule has 1 aliphatic heterocycles. The van der Waals surface area contributed by atoms with Gasteiger partial charge in [0.2, 0.25) is 5.82 Å². The topological polar surface area (TPSA) is 103 Å². The van der Waals surface area contributed by atoms with E-state index in [-0.39, 0.29) is 4.43 Å². The predicted octanol–water partition coefficient (Wildman–Crippen LogP) is 4.09. The van der Waals surface area contributed by atoms with Crippen molar-refractivity contribution in [2.75, 3.05) is 18.1 Å². The van der Waals surface area contributed by atoms with Crippen LogP contribution in [0.25, 0.3) is 0 Å². The highest BCUT2D eigenvalue weighted by molar-refractivity contribution is 14.1. The summed E-state index contributed by atoms with van der Waals surface area (Å²) in [6, 6.07) is 25.6. The number of rotatable bonds is 9. The van der Waals surface area contributed by atoms with Crippen molar-refractivity contribution in [3.63, 3.8) is 0 Å². The molecule has 0 bridgehead atoms. The van der Waals surface area contributed by atoms with Crippen molar-refractivity contribution < 1.29 is 28.1 Å². The molecule has 1 aromatic heterocycles. The monoisotopic (exact) mass is 676 g/mol. The van der Waals surface area contributed by atoms with Gasteiger partial charge in [0.15, 0.2) is 12.4 Å². The predicted molar refractivity (Wildman–Crippen MR) is 156 cm³/mol. The molecule has 1 aliphatic rings. The molecule has 11 heteroatoms. The van der Waals surface area contributed by atoms with E-state index >= 15 is 4.39 Å². The van der Waals surface area contributed by atoms with E-state index in [0.717, 1.165) is 0 Å². The first-order valence-corrected chi connectivity index (χ1v) is 14.3. The molecule has 0 amide bonds. The Balaban J connectivity index is 1.73. The average molecular weight is 676 g/mol. The van der Waals surface area contributed by atoms with Crippen LogP contribution in [0.2, 0.25) is 0 Å². The number of hydrogen-bond acceptors (Lipinski definition) is 6. The molecule has 2 heterocycles. The first-order chi connectivity index (χ1) is 19.8. The molecule has 0 radical (unpaired) electrons. The highest BCUT2D eigenvalue weighted by Crippen LogP contribution is 2.49. The molecule has 8 nitrogen and oxygen atoms in total. The van der Waals surface area contributed by atoms with E-state index in [9.17, 15) is 19.1 Å². The molecule has 0 spiro atoms. The van der Waals surface area contributed by atoms with Crippen LogP contribution in [-0.2, 0) is 15.1 Å². The van der Waals surface area contributed by atoms with Gasteiger partial charge < -0.3 is 19.3 Å². The zero-order valence-corrected chi connectivity index (χ0v) is 24.0. The fourth-order valence-electron chi connectivity index (χ4n) is 5.19. The third-order valence-electron chi connectivity index (χ3n) is 7.29. The summed E-state index contributed by atoms with van der Waals surface area (Å²) >= 11 is 1.96. The van der Waals surface area contributed by atoms with Gasteiger partial charge in [-0.05, 0) is 28.8 Å². The standard InChI is InChI=1S/C30H27F2IN2O6/c1-39-22-14-12-21(13-15-22)30(19-8-4-2-5-9-19,20-10-6-3-7-11-20)40-25-24(32)27(41-29(25,17-33)18-36)35-16-23(31)26(37)34-28(35)38/h2-16,24-25,27,36H,17-18H2,1H3,(H,34,37,38)/t24-,25-,27+,29+/m0/s1. The second-order valence-electron chi connectivity index (χ2n) is 9.63. The average Bonchev–Trinajstić information content (AvgIpc) is 3.29. The molecule has 41 heavy (non-hydrogen) atoms. The maximum Gasteiger partial charge on any atom is 0.330 e. The van der Waals surface area contributed by atoms with Gasteiger partial charge in [-0.2, -0.15) is 4.39 Å². The Morgan fingerprint density at radius 3 is 2.07 bits per heavy atom. The number of aromatic nitrogens is 2. The lowest BCUT2D eigenvalue weighted by Crippen LogP contribution is -2.52. The smallest absolute Gasteiger partial charge is 0.330 e. The molecule has 0 saturated carbocycles. The molecule has 1 saturated heterocycles. The van der Waals surface area contributed by atoms with Gasteiger partial charge in [0.1, 0.15) is 23.1 Å². The third kappa shape index (κ3) is 5.11. The Labute approximate surface area is 247 Å². The Bertz CT molecular complexity index is 1550. The summed E-state index contributed by atoms with van der Waals surface area (Å²) in [6.45, 7) is -0.666. The summed E-state index contributed by atoms with van der Waals surface area (Å²) in [7, 11) is 1.55. The minimum atomic E-state index is -2.06. The first-order valence-electron chi connectivity index (χ1n) is 12.7. The molecule has 3 aromatic carbocycles. The van der Waals surface area contributed by atoms with Crippen LogP contribution in [0.5, 0.6) is 5.75 Å². The fourth-order valence-corrected chi connectivity index (χ4v) is 6.04. The van der Waals surface area contributed by atoms with Crippen molar-refractivity contribution in [1.29, 1.82) is 0 Å². The molecule has 4 atom stereocenters. The Kier molecular flexibility index (Phi) is 8.41. The number of ether oxygens (including phenoxy) is 3. The van der Waals surface area contributed by atoms with Crippen molar-refractivity contribution in [2.45, 2.75) is 29.7 Å². The lowest BCUT2D eigenvalue weighted by molar-refractivity contribution is -0.152. The number of H-pyrrole nitrogens is 1. The molecule has 214 valence electrons. The van der Waals surface area contributed by atoms with Gasteiger partial charge in [0.25, 0.3) is 5.56 Å². The van der Waals surface area contributed by atoms with E-state index in [0.29, 0.717) is 33.2 Å². The Morgan fingerprint density at radius 1 is 1.00 bits per heavy atom. The SMILES string of the molecule is COc1ccc(C(O[C@H]2[C@H](F)[C@H](n3cc(F)c(=O)[nH]c3=O)O[C@@]2(CO)CI)(c2ccccc2)c2ccccc2)cc1. The van der Waals surface area contributed by atoms with Crippen LogP contribution < -0.4 is 16.0 Å². The van der Waals surface area contributed by atoms with E-state index < -0.39 is 53.4 Å². The van der Waals surface area contributed by atoms with Crippen LogP contribution in [0.15, 0.2) is 101 Å². The second kappa shape index (κ2) is 11.8. The maximum absolute atomic E-state index is 16.7. The fraction of sp³-hybridized carbons (Fsp3) is 0.267. The van der Waals surface area contributed by atoms with Gasteiger partial charge in [-0.1, -0.05) is 95.4 Å². The van der Waals surface area contributed by atoms with Crippen LogP contribution in [0.1, 0.15) is 22.9 Å². The summed E-state index contributed by atoms with van der Waals surface area (Å²) in [5.41, 5.74) is -3.38. The number of alkyl halides is 2. The number of aromatic amines is 1. The number of benzene rings is 3. The second-order valence-corrected chi connectivity index (χ2v) is 10.4. The van der Waals surface area contributed by atoms with Crippen molar-refractivity contribution in [1.82, 2.24) is 9.55 Å². The summed E-state index contributed by atoms with van der Waals surface area (Å²) in [6.07, 6.45) is -4.62. The molecular weight excluding hydrogens is 649 g/mol. The normalized spacial score (nSPS) is 22.5. The van der Waals surface area contributed by atoms with Gasteiger partial charge in [-0.3, -0.25) is 14.3 Å². The molecule has 1 fully saturated rings. The Morgan fingerprint density at radius 2 is 1.56 bits per heavy atom. The highest BCUT2D eigenvalue weighted by Gasteiger charge is 2.60. The van der Waals surface area contributed by atoms with E-state index in [1.165, 1.54) is 0 Å². The number of methoxy groups -OCH3 is 1. The molecule has 0 unspecified atom stereocenters. The van der Waals surface area contributed by atoms with Crippen molar-refractivity contribution in [3.05, 3.63) is 134 Å².